The Labute approximate surface area is 232 Å². The predicted molar refractivity (Wildman–Crippen MR) is 148 cm³/mol. The molecule has 196 valence electrons. The molecule has 11 heteroatoms. The number of anilines is 1. The van der Waals surface area contributed by atoms with Crippen LogP contribution in [0.1, 0.15) is 18.9 Å². The van der Waals surface area contributed by atoms with Gasteiger partial charge in [-0.2, -0.15) is 0 Å². The second-order valence-electron chi connectivity index (χ2n) is 8.10. The molecule has 37 heavy (non-hydrogen) atoms. The van der Waals surface area contributed by atoms with E-state index in [1.54, 1.807) is 61.5 Å². The first-order valence-electron chi connectivity index (χ1n) is 11.4. The van der Waals surface area contributed by atoms with Crippen LogP contribution in [0.5, 0.6) is 0 Å². The van der Waals surface area contributed by atoms with Gasteiger partial charge in [-0.1, -0.05) is 72.1 Å². The van der Waals surface area contributed by atoms with Gasteiger partial charge in [-0.3, -0.25) is 13.9 Å². The number of halogens is 3. The summed E-state index contributed by atoms with van der Waals surface area (Å²) in [5, 5.41) is 3.62. The van der Waals surface area contributed by atoms with E-state index in [1.807, 2.05) is 0 Å². The summed E-state index contributed by atoms with van der Waals surface area (Å²) in [5.74, 6) is -0.984. The van der Waals surface area contributed by atoms with Crippen molar-refractivity contribution in [3.63, 3.8) is 0 Å². The lowest BCUT2D eigenvalue weighted by Crippen LogP contribution is -2.51. The van der Waals surface area contributed by atoms with Gasteiger partial charge in [0.25, 0.3) is 10.0 Å². The van der Waals surface area contributed by atoms with Gasteiger partial charge in [0.2, 0.25) is 11.8 Å². The van der Waals surface area contributed by atoms with Crippen LogP contribution in [0.3, 0.4) is 0 Å². The van der Waals surface area contributed by atoms with Crippen LogP contribution in [0, 0.1) is 0 Å². The fourth-order valence-corrected chi connectivity index (χ4v) is 5.88. The van der Waals surface area contributed by atoms with E-state index in [-0.39, 0.29) is 23.0 Å². The molecule has 0 fully saturated rings. The highest BCUT2D eigenvalue weighted by Crippen LogP contribution is 2.28. The molecule has 0 aromatic heterocycles. The molecule has 3 rings (SSSR count). The molecular formula is C26H26Cl3N3O4S. The summed E-state index contributed by atoms with van der Waals surface area (Å²) >= 11 is 18.6. The average Bonchev–Trinajstić information content (AvgIpc) is 2.88. The maximum Gasteiger partial charge on any atom is 0.264 e. The van der Waals surface area contributed by atoms with Crippen LogP contribution in [-0.2, 0) is 26.2 Å². The lowest BCUT2D eigenvalue weighted by Gasteiger charge is -2.33. The molecule has 7 nitrogen and oxygen atoms in total. The summed E-state index contributed by atoms with van der Waals surface area (Å²) < 4.78 is 28.3. The van der Waals surface area contributed by atoms with Gasteiger partial charge < -0.3 is 10.2 Å². The zero-order chi connectivity index (χ0) is 27.2. The lowest BCUT2D eigenvalue weighted by atomic mass is 10.1. The Hall–Kier alpha value is -2.78. The maximum absolute atomic E-state index is 13.8. The van der Waals surface area contributed by atoms with E-state index in [1.165, 1.54) is 30.1 Å². The Kier molecular flexibility index (Phi) is 9.84. The Morgan fingerprint density at radius 1 is 0.919 bits per heavy atom. The molecule has 0 aliphatic carbocycles. The second kappa shape index (κ2) is 12.6. The minimum atomic E-state index is -4.16. The largest absolute Gasteiger partial charge is 0.357 e. The van der Waals surface area contributed by atoms with Crippen LogP contribution in [0.2, 0.25) is 15.1 Å². The van der Waals surface area contributed by atoms with Crippen molar-refractivity contribution in [3.05, 3.63) is 93.4 Å². The van der Waals surface area contributed by atoms with Gasteiger partial charge in [0.05, 0.1) is 10.6 Å². The van der Waals surface area contributed by atoms with Gasteiger partial charge >= 0.3 is 0 Å². The van der Waals surface area contributed by atoms with Crippen molar-refractivity contribution < 1.29 is 18.0 Å². The van der Waals surface area contributed by atoms with Crippen LogP contribution < -0.4 is 9.62 Å². The molecule has 0 heterocycles. The zero-order valence-corrected chi connectivity index (χ0v) is 23.3. The van der Waals surface area contributed by atoms with E-state index < -0.39 is 28.5 Å². The van der Waals surface area contributed by atoms with Crippen molar-refractivity contribution in [3.8, 4) is 0 Å². The topological polar surface area (TPSA) is 86.8 Å². The second-order valence-corrected chi connectivity index (χ2v) is 11.2. The first-order valence-corrected chi connectivity index (χ1v) is 13.9. The number of nitrogens with zero attached hydrogens (tertiary/aromatic N) is 2. The molecular weight excluding hydrogens is 557 g/mol. The molecule has 0 saturated carbocycles. The van der Waals surface area contributed by atoms with Gasteiger partial charge in [0.1, 0.15) is 12.6 Å². The summed E-state index contributed by atoms with van der Waals surface area (Å²) in [7, 11) is -2.69. The molecule has 0 saturated heterocycles. The highest BCUT2D eigenvalue weighted by molar-refractivity contribution is 7.92. The summed E-state index contributed by atoms with van der Waals surface area (Å²) in [6.45, 7) is 1.16. The van der Waals surface area contributed by atoms with Crippen molar-refractivity contribution in [1.29, 1.82) is 0 Å². The van der Waals surface area contributed by atoms with Crippen molar-refractivity contribution in [2.75, 3.05) is 17.9 Å². The Morgan fingerprint density at radius 3 is 2.19 bits per heavy atom. The molecule has 3 aromatic carbocycles. The number of amides is 2. The number of benzene rings is 3. The number of carbonyl (C=O) groups excluding carboxylic acids is 2. The molecule has 1 N–H and O–H groups in total. The third-order valence-corrected chi connectivity index (χ3v) is 8.30. The summed E-state index contributed by atoms with van der Waals surface area (Å²) in [6.07, 6.45) is 0.291. The number of likely N-dealkylation sites (N-methyl/N-ethyl adjacent to an activating group) is 1. The highest BCUT2D eigenvalue weighted by atomic mass is 35.5. The van der Waals surface area contributed by atoms with Crippen LogP contribution in [0.25, 0.3) is 0 Å². The number of sulfonamides is 1. The summed E-state index contributed by atoms with van der Waals surface area (Å²) in [6, 6.07) is 18.0. The number of nitrogens with one attached hydrogen (secondary N) is 1. The van der Waals surface area contributed by atoms with Gasteiger partial charge in [0.15, 0.2) is 0 Å². The number of hydrogen-bond donors (Lipinski definition) is 1. The maximum atomic E-state index is 13.8. The number of carbonyl (C=O) groups is 2. The molecule has 3 aromatic rings. The normalized spacial score (nSPS) is 12.0. The number of rotatable bonds is 10. The van der Waals surface area contributed by atoms with Gasteiger partial charge in [-0.25, -0.2) is 8.42 Å². The number of hydrogen-bond acceptors (Lipinski definition) is 4. The minimum absolute atomic E-state index is 0.00779. The van der Waals surface area contributed by atoms with E-state index in [0.29, 0.717) is 27.1 Å². The molecule has 0 bridgehead atoms. The third kappa shape index (κ3) is 6.96. The Morgan fingerprint density at radius 2 is 1.59 bits per heavy atom. The molecule has 0 unspecified atom stereocenters. The fourth-order valence-electron chi connectivity index (χ4n) is 3.80. The van der Waals surface area contributed by atoms with Crippen molar-refractivity contribution in [2.45, 2.75) is 30.8 Å². The standard InChI is InChI=1S/C26H26Cl3N3O4S/c1-3-24(26(34)30-2)31(16-18-12-13-20(28)15-23(18)29)25(33)17-32(21-9-7-8-19(27)14-21)37(35,36)22-10-5-4-6-11-22/h4-15,24H,3,16-17H2,1-2H3,(H,30,34)/t24-/m1/s1. The molecule has 0 aliphatic rings. The van der Waals surface area contributed by atoms with Crippen LogP contribution in [-0.4, -0.2) is 44.8 Å². The van der Waals surface area contributed by atoms with Gasteiger partial charge in [-0.05, 0) is 54.4 Å². The average molecular weight is 583 g/mol. The van der Waals surface area contributed by atoms with Crippen molar-refractivity contribution >= 4 is 62.3 Å². The molecule has 0 radical (unpaired) electrons. The smallest absolute Gasteiger partial charge is 0.264 e. The minimum Gasteiger partial charge on any atom is -0.357 e. The van der Waals surface area contributed by atoms with E-state index in [9.17, 15) is 18.0 Å². The van der Waals surface area contributed by atoms with Crippen LogP contribution in [0.15, 0.2) is 77.7 Å². The summed E-state index contributed by atoms with van der Waals surface area (Å²) in [5.41, 5.74) is 0.768. The molecule has 0 spiro atoms. The van der Waals surface area contributed by atoms with Gasteiger partial charge in [0, 0.05) is 28.7 Å². The van der Waals surface area contributed by atoms with Crippen LogP contribution in [0.4, 0.5) is 5.69 Å². The zero-order valence-electron chi connectivity index (χ0n) is 20.2. The van der Waals surface area contributed by atoms with Crippen LogP contribution >= 0.6 is 34.8 Å². The Balaban J connectivity index is 2.07. The molecule has 0 aliphatic heterocycles. The van der Waals surface area contributed by atoms with E-state index in [4.69, 9.17) is 34.8 Å². The van der Waals surface area contributed by atoms with Crippen molar-refractivity contribution in [2.24, 2.45) is 0 Å². The third-order valence-electron chi connectivity index (χ3n) is 5.69. The molecule has 2 amide bonds. The first-order chi connectivity index (χ1) is 17.6. The monoisotopic (exact) mass is 581 g/mol. The Bertz CT molecular complexity index is 1370. The fraction of sp³-hybridized carbons (Fsp3) is 0.231. The first kappa shape index (κ1) is 28.8. The van der Waals surface area contributed by atoms with Crippen molar-refractivity contribution in [1.82, 2.24) is 10.2 Å². The van der Waals surface area contributed by atoms with E-state index in [2.05, 4.69) is 5.32 Å². The lowest BCUT2D eigenvalue weighted by molar-refractivity contribution is -0.140. The predicted octanol–water partition coefficient (Wildman–Crippen LogP) is 5.40. The van der Waals surface area contributed by atoms with E-state index in [0.717, 1.165) is 4.31 Å². The van der Waals surface area contributed by atoms with E-state index >= 15 is 0 Å². The quantitative estimate of drug-likeness (QED) is 0.347. The van der Waals surface area contributed by atoms with Gasteiger partial charge in [-0.15, -0.1) is 0 Å². The summed E-state index contributed by atoms with van der Waals surface area (Å²) in [4.78, 5) is 27.9. The molecule has 1 atom stereocenters. The SMILES string of the molecule is CC[C@H](C(=O)NC)N(Cc1ccc(Cl)cc1Cl)C(=O)CN(c1cccc(Cl)c1)S(=O)(=O)c1ccccc1. The highest BCUT2D eigenvalue weighted by Gasteiger charge is 2.33.